The summed E-state index contributed by atoms with van der Waals surface area (Å²) in [4.78, 5) is 45.5. The Hall–Kier alpha value is -3.04. The van der Waals surface area contributed by atoms with Crippen molar-refractivity contribution in [2.45, 2.75) is 71.8 Å². The molecule has 1 atom stereocenters. The number of nitrogens with one attached hydrogen (secondary N) is 1. The van der Waals surface area contributed by atoms with Crippen LogP contribution in [0.25, 0.3) is 0 Å². The minimum atomic E-state index is -0.953. The Kier molecular flexibility index (Phi) is 11.2. The second-order valence-corrected chi connectivity index (χ2v) is 7.84. The van der Waals surface area contributed by atoms with Crippen LogP contribution in [0.2, 0.25) is 0 Å². The van der Waals surface area contributed by atoms with Crippen LogP contribution in [0.3, 0.4) is 0 Å². The van der Waals surface area contributed by atoms with Gasteiger partial charge < -0.3 is 10.1 Å². The van der Waals surface area contributed by atoms with Gasteiger partial charge in [0, 0.05) is 12.1 Å². The molecule has 1 rings (SSSR count). The number of nitrogens with zero attached hydrogens (tertiary/aromatic N) is 2. The standard InChI is InChI=1S/C21H31N3O7/c1-4-5-6-7-8-9-10-31-21(26)19(11-15(2)3)22-20(25)16-12-17(23(27)28)14-18(13-16)24(29)30/h12-15,19H,4-11H2,1-3H3,(H,22,25). The predicted molar refractivity (Wildman–Crippen MR) is 115 cm³/mol. The number of carbonyl (C=O) groups is 2. The lowest BCUT2D eigenvalue weighted by Crippen LogP contribution is -2.42. The SMILES string of the molecule is CCCCCCCCOC(=O)C(CC(C)C)NC(=O)c1cc([N+](=O)[O-])cc([N+](=O)[O-])c1. The molecule has 172 valence electrons. The number of rotatable bonds is 14. The smallest absolute Gasteiger partial charge is 0.328 e. The van der Waals surface area contributed by atoms with Gasteiger partial charge in [-0.3, -0.25) is 25.0 Å². The molecule has 0 aliphatic carbocycles. The van der Waals surface area contributed by atoms with Crippen LogP contribution in [0.5, 0.6) is 0 Å². The Balaban J connectivity index is 2.80. The maximum Gasteiger partial charge on any atom is 0.328 e. The van der Waals surface area contributed by atoms with Crippen molar-refractivity contribution in [2.75, 3.05) is 6.61 Å². The molecule has 0 heterocycles. The fourth-order valence-corrected chi connectivity index (χ4v) is 3.02. The van der Waals surface area contributed by atoms with Crippen LogP contribution >= 0.6 is 0 Å². The average Bonchev–Trinajstić information content (AvgIpc) is 2.71. The van der Waals surface area contributed by atoms with Crippen molar-refractivity contribution in [1.82, 2.24) is 5.32 Å². The first-order valence-corrected chi connectivity index (χ1v) is 10.6. The zero-order valence-corrected chi connectivity index (χ0v) is 18.3. The van der Waals surface area contributed by atoms with E-state index >= 15 is 0 Å². The molecule has 31 heavy (non-hydrogen) atoms. The lowest BCUT2D eigenvalue weighted by atomic mass is 10.0. The summed E-state index contributed by atoms with van der Waals surface area (Å²) < 4.78 is 5.30. The summed E-state index contributed by atoms with van der Waals surface area (Å²) in [5, 5.41) is 24.6. The van der Waals surface area contributed by atoms with Crippen LogP contribution in [-0.2, 0) is 9.53 Å². The fourth-order valence-electron chi connectivity index (χ4n) is 3.02. The minimum absolute atomic E-state index is 0.0614. The van der Waals surface area contributed by atoms with Gasteiger partial charge in [-0.25, -0.2) is 4.79 Å². The van der Waals surface area contributed by atoms with E-state index in [9.17, 15) is 29.8 Å². The predicted octanol–water partition coefficient (Wildman–Crippen LogP) is 4.55. The molecule has 1 aromatic carbocycles. The number of unbranched alkanes of at least 4 members (excludes halogenated alkanes) is 5. The molecule has 0 radical (unpaired) electrons. The van der Waals surface area contributed by atoms with Crippen molar-refractivity contribution in [3.8, 4) is 0 Å². The second kappa shape index (κ2) is 13.3. The molecule has 1 amide bonds. The number of hydrogen-bond donors (Lipinski definition) is 1. The quantitative estimate of drug-likeness (QED) is 0.195. The van der Waals surface area contributed by atoms with Crippen LogP contribution in [0, 0.1) is 26.1 Å². The number of hydrogen-bond acceptors (Lipinski definition) is 7. The summed E-state index contributed by atoms with van der Waals surface area (Å²) in [6, 6.07) is 1.70. The summed E-state index contributed by atoms with van der Waals surface area (Å²) in [5.41, 5.74) is -1.42. The fraction of sp³-hybridized carbons (Fsp3) is 0.619. The van der Waals surface area contributed by atoms with Crippen molar-refractivity contribution < 1.29 is 24.2 Å². The third-order valence-corrected chi connectivity index (χ3v) is 4.63. The average molecular weight is 437 g/mol. The molecule has 0 aliphatic rings. The van der Waals surface area contributed by atoms with Gasteiger partial charge in [0.2, 0.25) is 0 Å². The van der Waals surface area contributed by atoms with Crippen LogP contribution in [-0.4, -0.2) is 34.4 Å². The van der Waals surface area contributed by atoms with E-state index in [0.29, 0.717) is 6.42 Å². The molecule has 0 spiro atoms. The lowest BCUT2D eigenvalue weighted by Gasteiger charge is -2.19. The third-order valence-electron chi connectivity index (χ3n) is 4.63. The lowest BCUT2D eigenvalue weighted by molar-refractivity contribution is -0.394. The number of non-ortho nitro benzene ring substituents is 2. The van der Waals surface area contributed by atoms with Crippen LogP contribution in [0.15, 0.2) is 18.2 Å². The van der Waals surface area contributed by atoms with Crippen LogP contribution in [0.1, 0.15) is 76.1 Å². The zero-order valence-electron chi connectivity index (χ0n) is 18.3. The van der Waals surface area contributed by atoms with E-state index in [1.54, 1.807) is 0 Å². The molecule has 0 fully saturated rings. The van der Waals surface area contributed by atoms with Crippen molar-refractivity contribution in [1.29, 1.82) is 0 Å². The molecule has 10 heteroatoms. The highest BCUT2D eigenvalue weighted by molar-refractivity contribution is 5.98. The maximum absolute atomic E-state index is 12.6. The van der Waals surface area contributed by atoms with Crippen molar-refractivity contribution in [3.05, 3.63) is 44.0 Å². The summed E-state index contributed by atoms with van der Waals surface area (Å²) in [7, 11) is 0. The van der Waals surface area contributed by atoms with E-state index in [0.717, 1.165) is 50.3 Å². The Morgan fingerprint density at radius 3 is 2.03 bits per heavy atom. The van der Waals surface area contributed by atoms with Gasteiger partial charge in [0.1, 0.15) is 6.04 Å². The van der Waals surface area contributed by atoms with Gasteiger partial charge in [-0.15, -0.1) is 0 Å². The normalized spacial score (nSPS) is 11.7. The minimum Gasteiger partial charge on any atom is -0.464 e. The topological polar surface area (TPSA) is 142 Å². The monoisotopic (exact) mass is 437 g/mol. The van der Waals surface area contributed by atoms with E-state index in [4.69, 9.17) is 4.74 Å². The number of amides is 1. The highest BCUT2D eigenvalue weighted by atomic mass is 16.6. The van der Waals surface area contributed by atoms with Crippen molar-refractivity contribution in [2.24, 2.45) is 5.92 Å². The Labute approximate surface area is 181 Å². The summed E-state index contributed by atoms with van der Waals surface area (Å²) in [6.45, 7) is 6.13. The zero-order chi connectivity index (χ0) is 23.4. The summed E-state index contributed by atoms with van der Waals surface area (Å²) in [6.07, 6.45) is 6.53. The molecule has 1 unspecified atom stereocenters. The number of carbonyl (C=O) groups excluding carboxylic acids is 2. The number of nitro groups is 2. The van der Waals surface area contributed by atoms with Gasteiger partial charge in [0.25, 0.3) is 17.3 Å². The second-order valence-electron chi connectivity index (χ2n) is 7.84. The van der Waals surface area contributed by atoms with Gasteiger partial charge >= 0.3 is 5.97 Å². The highest BCUT2D eigenvalue weighted by Crippen LogP contribution is 2.23. The molecule has 1 aromatic rings. The van der Waals surface area contributed by atoms with Crippen LogP contribution < -0.4 is 5.32 Å². The van der Waals surface area contributed by atoms with Gasteiger partial charge in [0.15, 0.2) is 0 Å². The summed E-state index contributed by atoms with van der Waals surface area (Å²) >= 11 is 0. The third kappa shape index (κ3) is 9.54. The van der Waals surface area contributed by atoms with Gasteiger partial charge in [0.05, 0.1) is 28.1 Å². The maximum atomic E-state index is 12.6. The molecule has 1 N–H and O–H groups in total. The molecular weight excluding hydrogens is 406 g/mol. The number of nitro benzene ring substituents is 2. The van der Waals surface area contributed by atoms with E-state index < -0.39 is 39.1 Å². The van der Waals surface area contributed by atoms with E-state index in [1.165, 1.54) is 6.42 Å². The van der Waals surface area contributed by atoms with Crippen LogP contribution in [0.4, 0.5) is 11.4 Å². The largest absolute Gasteiger partial charge is 0.464 e. The number of benzene rings is 1. The molecule has 0 saturated heterocycles. The number of ether oxygens (including phenoxy) is 1. The number of esters is 1. The summed E-state index contributed by atoms with van der Waals surface area (Å²) in [5.74, 6) is -1.34. The van der Waals surface area contributed by atoms with E-state index in [2.05, 4.69) is 12.2 Å². The van der Waals surface area contributed by atoms with Gasteiger partial charge in [-0.2, -0.15) is 0 Å². The first-order valence-electron chi connectivity index (χ1n) is 10.6. The van der Waals surface area contributed by atoms with Gasteiger partial charge in [-0.05, 0) is 18.8 Å². The Bertz CT molecular complexity index is 748. The molecular formula is C21H31N3O7. The molecule has 0 aromatic heterocycles. The molecule has 0 bridgehead atoms. The van der Waals surface area contributed by atoms with Crippen molar-refractivity contribution >= 4 is 23.3 Å². The first kappa shape index (κ1) is 26.0. The van der Waals surface area contributed by atoms with E-state index in [-0.39, 0.29) is 18.1 Å². The van der Waals surface area contributed by atoms with E-state index in [1.807, 2.05) is 13.8 Å². The Morgan fingerprint density at radius 1 is 0.968 bits per heavy atom. The highest BCUT2D eigenvalue weighted by Gasteiger charge is 2.26. The molecule has 0 aliphatic heterocycles. The van der Waals surface area contributed by atoms with Crippen molar-refractivity contribution in [3.63, 3.8) is 0 Å². The van der Waals surface area contributed by atoms with Gasteiger partial charge in [-0.1, -0.05) is 52.9 Å². The first-order chi connectivity index (χ1) is 14.6. The Morgan fingerprint density at radius 2 is 1.52 bits per heavy atom. The molecule has 10 nitrogen and oxygen atoms in total. The molecule has 0 saturated carbocycles.